The summed E-state index contributed by atoms with van der Waals surface area (Å²) in [5.41, 5.74) is 1.61. The number of thiazole rings is 1. The monoisotopic (exact) mass is 427 g/mol. The molecule has 2 N–H and O–H groups in total. The fourth-order valence-electron chi connectivity index (χ4n) is 2.87. The fourth-order valence-corrected chi connectivity index (χ4v) is 3.75. The Hall–Kier alpha value is -3.46. The van der Waals surface area contributed by atoms with Crippen LogP contribution in [0.5, 0.6) is 11.5 Å². The zero-order valence-corrected chi connectivity index (χ0v) is 17.0. The molecule has 2 amide bonds. The van der Waals surface area contributed by atoms with Crippen LogP contribution in [-0.4, -0.2) is 22.9 Å². The van der Waals surface area contributed by atoms with Gasteiger partial charge in [0.15, 0.2) is 6.10 Å². The highest BCUT2D eigenvalue weighted by molar-refractivity contribution is 7.13. The molecule has 1 unspecified atom stereocenters. The maximum atomic E-state index is 13.0. The third kappa shape index (κ3) is 4.25. The van der Waals surface area contributed by atoms with Gasteiger partial charge in [0.2, 0.25) is 0 Å². The van der Waals surface area contributed by atoms with Crippen LogP contribution in [0.15, 0.2) is 42.5 Å². The SMILES string of the molecule is Cc1nc(COc2ccc(F)cc2)sc1C(=O)Nc1ccc2c(c1)NC(=O)C(C)O2. The first-order valence-electron chi connectivity index (χ1n) is 9.16. The van der Waals surface area contributed by atoms with Gasteiger partial charge in [-0.25, -0.2) is 9.37 Å². The molecule has 1 atom stereocenters. The van der Waals surface area contributed by atoms with Gasteiger partial charge in [-0.2, -0.15) is 0 Å². The lowest BCUT2D eigenvalue weighted by molar-refractivity contribution is -0.122. The van der Waals surface area contributed by atoms with Crippen molar-refractivity contribution in [1.29, 1.82) is 0 Å². The van der Waals surface area contributed by atoms with Crippen LogP contribution in [0.2, 0.25) is 0 Å². The molecule has 1 aromatic heterocycles. The summed E-state index contributed by atoms with van der Waals surface area (Å²) in [6.45, 7) is 3.58. The Morgan fingerprint density at radius 2 is 2.07 bits per heavy atom. The van der Waals surface area contributed by atoms with Crippen LogP contribution in [0.3, 0.4) is 0 Å². The van der Waals surface area contributed by atoms with Gasteiger partial charge in [0.1, 0.15) is 33.8 Å². The zero-order chi connectivity index (χ0) is 21.3. The summed E-state index contributed by atoms with van der Waals surface area (Å²) in [7, 11) is 0. The molecule has 154 valence electrons. The number of rotatable bonds is 5. The number of carbonyl (C=O) groups excluding carboxylic acids is 2. The van der Waals surface area contributed by atoms with Crippen molar-refractivity contribution in [2.45, 2.75) is 26.6 Å². The van der Waals surface area contributed by atoms with Crippen molar-refractivity contribution in [3.05, 3.63) is 63.9 Å². The second kappa shape index (κ2) is 8.11. The lowest BCUT2D eigenvalue weighted by Crippen LogP contribution is -2.34. The molecule has 0 bridgehead atoms. The minimum Gasteiger partial charge on any atom is -0.486 e. The summed E-state index contributed by atoms with van der Waals surface area (Å²) in [5, 5.41) is 6.19. The largest absolute Gasteiger partial charge is 0.486 e. The third-order valence-corrected chi connectivity index (χ3v) is 5.52. The molecule has 3 aromatic rings. The van der Waals surface area contributed by atoms with Crippen molar-refractivity contribution >= 4 is 34.5 Å². The summed E-state index contributed by atoms with van der Waals surface area (Å²) in [6, 6.07) is 10.7. The third-order valence-electron chi connectivity index (χ3n) is 4.39. The highest BCUT2D eigenvalue weighted by atomic mass is 32.1. The van der Waals surface area contributed by atoms with Crippen molar-refractivity contribution in [2.75, 3.05) is 10.6 Å². The Morgan fingerprint density at radius 3 is 2.83 bits per heavy atom. The molecule has 0 spiro atoms. The number of amides is 2. The van der Waals surface area contributed by atoms with E-state index in [2.05, 4.69) is 15.6 Å². The molecule has 1 aliphatic rings. The van der Waals surface area contributed by atoms with Gasteiger partial charge >= 0.3 is 0 Å². The quantitative estimate of drug-likeness (QED) is 0.639. The van der Waals surface area contributed by atoms with E-state index in [4.69, 9.17) is 9.47 Å². The van der Waals surface area contributed by atoms with E-state index in [9.17, 15) is 14.0 Å². The van der Waals surface area contributed by atoms with E-state index in [0.717, 1.165) is 0 Å². The molecule has 2 aromatic carbocycles. The second-order valence-corrected chi connectivity index (χ2v) is 7.76. The number of fused-ring (bicyclic) bond motifs is 1. The van der Waals surface area contributed by atoms with E-state index in [1.807, 2.05) is 0 Å². The molecule has 4 rings (SSSR count). The first kappa shape index (κ1) is 19.8. The number of nitrogens with zero attached hydrogens (tertiary/aromatic N) is 1. The van der Waals surface area contributed by atoms with Gasteiger partial charge in [-0.3, -0.25) is 9.59 Å². The summed E-state index contributed by atoms with van der Waals surface area (Å²) < 4.78 is 24.1. The number of hydrogen-bond donors (Lipinski definition) is 2. The average Bonchev–Trinajstić information content (AvgIpc) is 3.09. The van der Waals surface area contributed by atoms with Crippen LogP contribution in [0.4, 0.5) is 15.8 Å². The van der Waals surface area contributed by atoms with Gasteiger partial charge in [-0.05, 0) is 56.3 Å². The highest BCUT2D eigenvalue weighted by Crippen LogP contribution is 2.32. The Bertz CT molecular complexity index is 1110. The molecule has 0 saturated heterocycles. The number of aromatic nitrogens is 1. The van der Waals surface area contributed by atoms with Crippen molar-refractivity contribution < 1.29 is 23.5 Å². The highest BCUT2D eigenvalue weighted by Gasteiger charge is 2.24. The number of halogens is 1. The maximum Gasteiger partial charge on any atom is 0.267 e. The lowest BCUT2D eigenvalue weighted by Gasteiger charge is -2.23. The van der Waals surface area contributed by atoms with Gasteiger partial charge in [-0.15, -0.1) is 11.3 Å². The van der Waals surface area contributed by atoms with Crippen molar-refractivity contribution in [3.8, 4) is 11.5 Å². The Kier molecular flexibility index (Phi) is 5.37. The van der Waals surface area contributed by atoms with Gasteiger partial charge in [0.05, 0.1) is 11.4 Å². The van der Waals surface area contributed by atoms with Gasteiger partial charge in [0, 0.05) is 5.69 Å². The normalized spacial score (nSPS) is 15.0. The number of benzene rings is 2. The molecular formula is C21H18FN3O4S. The van der Waals surface area contributed by atoms with E-state index < -0.39 is 6.10 Å². The molecule has 2 heterocycles. The fraction of sp³-hybridized carbons (Fsp3) is 0.190. The lowest BCUT2D eigenvalue weighted by atomic mass is 10.2. The molecular weight excluding hydrogens is 409 g/mol. The smallest absolute Gasteiger partial charge is 0.267 e. The Labute approximate surface area is 175 Å². The van der Waals surface area contributed by atoms with Crippen LogP contribution < -0.4 is 20.1 Å². The molecule has 9 heteroatoms. The maximum absolute atomic E-state index is 13.0. The van der Waals surface area contributed by atoms with Crippen LogP contribution in [0.1, 0.15) is 27.3 Å². The number of aryl methyl sites for hydroxylation is 1. The van der Waals surface area contributed by atoms with Crippen molar-refractivity contribution in [1.82, 2.24) is 4.98 Å². The zero-order valence-electron chi connectivity index (χ0n) is 16.2. The summed E-state index contributed by atoms with van der Waals surface area (Å²) in [5.74, 6) is 0.177. The van der Waals surface area contributed by atoms with Crippen LogP contribution in [0, 0.1) is 12.7 Å². The van der Waals surface area contributed by atoms with E-state index in [1.54, 1.807) is 32.0 Å². The number of hydrogen-bond acceptors (Lipinski definition) is 6. The minimum atomic E-state index is -0.562. The number of ether oxygens (including phenoxy) is 2. The first-order chi connectivity index (χ1) is 14.4. The molecule has 0 fully saturated rings. The number of carbonyl (C=O) groups is 2. The van der Waals surface area contributed by atoms with Gasteiger partial charge in [-0.1, -0.05) is 0 Å². The van der Waals surface area contributed by atoms with Crippen molar-refractivity contribution in [3.63, 3.8) is 0 Å². The Balaban J connectivity index is 1.43. The van der Waals surface area contributed by atoms with Crippen molar-refractivity contribution in [2.24, 2.45) is 0 Å². The predicted octanol–water partition coefficient (Wildman–Crippen LogP) is 4.14. The topological polar surface area (TPSA) is 89.5 Å². The summed E-state index contributed by atoms with van der Waals surface area (Å²) >= 11 is 1.22. The van der Waals surface area contributed by atoms with Gasteiger partial charge < -0.3 is 20.1 Å². The van der Waals surface area contributed by atoms with E-state index in [0.29, 0.717) is 38.5 Å². The predicted molar refractivity (Wildman–Crippen MR) is 111 cm³/mol. The van der Waals surface area contributed by atoms with E-state index in [-0.39, 0.29) is 24.2 Å². The molecule has 0 saturated carbocycles. The number of anilines is 2. The van der Waals surface area contributed by atoms with Crippen LogP contribution in [0.25, 0.3) is 0 Å². The second-order valence-electron chi connectivity index (χ2n) is 6.68. The van der Waals surface area contributed by atoms with E-state index >= 15 is 0 Å². The molecule has 0 aliphatic carbocycles. The molecule has 0 radical (unpaired) electrons. The standard InChI is InChI=1S/C21H18FN3O4S/c1-11-19(30-18(23-11)10-28-15-6-3-13(22)4-7-15)21(27)24-14-5-8-17-16(9-14)25-20(26)12(2)29-17/h3-9,12H,10H2,1-2H3,(H,24,27)(H,25,26). The van der Waals surface area contributed by atoms with Crippen LogP contribution in [-0.2, 0) is 11.4 Å². The molecule has 30 heavy (non-hydrogen) atoms. The number of nitrogens with one attached hydrogen (secondary N) is 2. The Morgan fingerprint density at radius 1 is 1.30 bits per heavy atom. The van der Waals surface area contributed by atoms with Crippen LogP contribution >= 0.6 is 11.3 Å². The average molecular weight is 427 g/mol. The van der Waals surface area contributed by atoms with Gasteiger partial charge in [0.25, 0.3) is 11.8 Å². The minimum absolute atomic E-state index is 0.171. The molecule has 1 aliphatic heterocycles. The summed E-state index contributed by atoms with van der Waals surface area (Å²) in [6.07, 6.45) is -0.562. The molecule has 7 nitrogen and oxygen atoms in total. The first-order valence-corrected chi connectivity index (χ1v) is 9.98. The van der Waals surface area contributed by atoms with E-state index in [1.165, 1.54) is 35.6 Å². The summed E-state index contributed by atoms with van der Waals surface area (Å²) in [4.78, 5) is 29.3.